The second kappa shape index (κ2) is 8.79. The highest BCUT2D eigenvalue weighted by molar-refractivity contribution is 5.17. The molecular formula is C14H20N4O2. The van der Waals surface area contributed by atoms with Gasteiger partial charge in [-0.25, -0.2) is 9.97 Å². The quantitative estimate of drug-likeness (QED) is 0.852. The molecule has 0 N–H and O–H groups in total. The van der Waals surface area contributed by atoms with Crippen molar-refractivity contribution in [3.05, 3.63) is 36.7 Å². The zero-order chi connectivity index (χ0) is 14.8. The molecule has 0 aliphatic rings. The number of aromatic nitrogens is 4. The summed E-state index contributed by atoms with van der Waals surface area (Å²) in [4.78, 5) is 15.8. The van der Waals surface area contributed by atoms with Crippen molar-refractivity contribution in [1.82, 2.24) is 19.9 Å². The topological polar surface area (TPSA) is 70.0 Å². The third kappa shape index (κ3) is 5.60. The lowest BCUT2D eigenvalue weighted by molar-refractivity contribution is 0.386. The Labute approximate surface area is 119 Å². The van der Waals surface area contributed by atoms with Crippen LogP contribution in [0.3, 0.4) is 0 Å². The van der Waals surface area contributed by atoms with E-state index in [9.17, 15) is 0 Å². The van der Waals surface area contributed by atoms with Crippen molar-refractivity contribution < 1.29 is 9.47 Å². The van der Waals surface area contributed by atoms with Crippen molar-refractivity contribution in [3.63, 3.8) is 0 Å². The van der Waals surface area contributed by atoms with Gasteiger partial charge in [-0.3, -0.25) is 9.97 Å². The molecule has 2 aromatic heterocycles. The molecule has 0 aromatic carbocycles. The minimum Gasteiger partial charge on any atom is -0.480 e. The smallest absolute Gasteiger partial charge is 0.235 e. The van der Waals surface area contributed by atoms with Gasteiger partial charge in [0.2, 0.25) is 11.8 Å². The normalized spacial score (nSPS) is 9.65. The number of nitrogens with zero attached hydrogens (tertiary/aromatic N) is 4. The Morgan fingerprint density at radius 2 is 1.65 bits per heavy atom. The van der Waals surface area contributed by atoms with E-state index in [1.54, 1.807) is 45.2 Å². The van der Waals surface area contributed by atoms with E-state index in [4.69, 9.17) is 9.47 Å². The summed E-state index contributed by atoms with van der Waals surface area (Å²) in [6, 6.07) is 0. The summed E-state index contributed by atoms with van der Waals surface area (Å²) < 4.78 is 9.81. The van der Waals surface area contributed by atoms with Crippen LogP contribution in [-0.4, -0.2) is 34.2 Å². The van der Waals surface area contributed by atoms with Crippen molar-refractivity contribution in [1.29, 1.82) is 0 Å². The van der Waals surface area contributed by atoms with Gasteiger partial charge < -0.3 is 9.47 Å². The fraction of sp³-hybridized carbons (Fsp3) is 0.429. The molecule has 0 bridgehead atoms. The van der Waals surface area contributed by atoms with E-state index in [0.717, 1.165) is 12.1 Å². The molecule has 0 amide bonds. The van der Waals surface area contributed by atoms with Gasteiger partial charge in [0.05, 0.1) is 20.4 Å². The van der Waals surface area contributed by atoms with Crippen LogP contribution in [0.25, 0.3) is 0 Å². The van der Waals surface area contributed by atoms with Crippen molar-refractivity contribution in [2.75, 3.05) is 14.2 Å². The molecular weight excluding hydrogens is 256 g/mol. The van der Waals surface area contributed by atoms with Crippen LogP contribution >= 0.6 is 0 Å². The fourth-order valence-electron chi connectivity index (χ4n) is 1.44. The minimum atomic E-state index is 0.549. The number of hydrogen-bond acceptors (Lipinski definition) is 6. The molecule has 2 heterocycles. The molecule has 0 saturated carbocycles. The monoisotopic (exact) mass is 276 g/mol. The highest BCUT2D eigenvalue weighted by atomic mass is 16.5. The van der Waals surface area contributed by atoms with E-state index in [0.29, 0.717) is 17.7 Å². The van der Waals surface area contributed by atoms with E-state index in [1.165, 1.54) is 0 Å². The van der Waals surface area contributed by atoms with E-state index in [2.05, 4.69) is 33.8 Å². The van der Waals surface area contributed by atoms with Gasteiger partial charge in [-0.15, -0.1) is 0 Å². The van der Waals surface area contributed by atoms with Crippen molar-refractivity contribution in [2.45, 2.75) is 20.3 Å². The lowest BCUT2D eigenvalue weighted by Crippen LogP contribution is -2.01. The largest absolute Gasteiger partial charge is 0.480 e. The van der Waals surface area contributed by atoms with Crippen LogP contribution in [0.2, 0.25) is 0 Å². The van der Waals surface area contributed by atoms with E-state index < -0.39 is 0 Å². The minimum absolute atomic E-state index is 0.549. The van der Waals surface area contributed by atoms with Gasteiger partial charge in [0.15, 0.2) is 0 Å². The lowest BCUT2D eigenvalue weighted by atomic mass is 10.1. The van der Waals surface area contributed by atoms with Crippen LogP contribution in [0.4, 0.5) is 0 Å². The maximum atomic E-state index is 5.07. The predicted octanol–water partition coefficient (Wildman–Crippen LogP) is 2.17. The Bertz CT molecular complexity index is 492. The highest BCUT2D eigenvalue weighted by Gasteiger charge is 2.06. The predicted molar refractivity (Wildman–Crippen MR) is 75.7 cm³/mol. The Balaban J connectivity index is 0.000000217. The van der Waals surface area contributed by atoms with Gasteiger partial charge in [-0.05, 0) is 12.3 Å². The van der Waals surface area contributed by atoms with Gasteiger partial charge in [-0.2, -0.15) is 0 Å². The third-order valence-electron chi connectivity index (χ3n) is 2.28. The summed E-state index contributed by atoms with van der Waals surface area (Å²) in [5, 5.41) is 0. The van der Waals surface area contributed by atoms with Crippen molar-refractivity contribution in [2.24, 2.45) is 5.92 Å². The van der Waals surface area contributed by atoms with Crippen molar-refractivity contribution >= 4 is 0 Å². The maximum absolute atomic E-state index is 5.07. The molecule has 108 valence electrons. The van der Waals surface area contributed by atoms with Crippen LogP contribution < -0.4 is 9.47 Å². The summed E-state index contributed by atoms with van der Waals surface area (Å²) in [7, 11) is 3.18. The van der Waals surface area contributed by atoms with Gasteiger partial charge in [-0.1, -0.05) is 13.8 Å². The molecule has 0 spiro atoms. The van der Waals surface area contributed by atoms with E-state index in [-0.39, 0.29) is 0 Å². The summed E-state index contributed by atoms with van der Waals surface area (Å²) in [6.45, 7) is 4.29. The fourth-order valence-corrected chi connectivity index (χ4v) is 1.44. The van der Waals surface area contributed by atoms with Crippen LogP contribution in [-0.2, 0) is 6.42 Å². The van der Waals surface area contributed by atoms with Gasteiger partial charge in [0.25, 0.3) is 0 Å². The first-order valence-electron chi connectivity index (χ1n) is 6.31. The first-order valence-corrected chi connectivity index (χ1v) is 6.31. The standard InChI is InChI=1S/C9H14N2O.C5H6N2O/c1-7(2)6-8-9(12-3)11-5-4-10-8;1-8-5-4-6-2-3-7-5/h4-5,7H,6H2,1-3H3;2-4H,1H3. The summed E-state index contributed by atoms with van der Waals surface area (Å²) in [5.74, 6) is 1.77. The Morgan fingerprint density at radius 3 is 2.15 bits per heavy atom. The Kier molecular flexibility index (Phi) is 6.95. The van der Waals surface area contributed by atoms with Gasteiger partial charge in [0, 0.05) is 24.8 Å². The summed E-state index contributed by atoms with van der Waals surface area (Å²) in [6.07, 6.45) is 8.99. The molecule has 0 saturated heterocycles. The summed E-state index contributed by atoms with van der Waals surface area (Å²) >= 11 is 0. The molecule has 0 aliphatic heterocycles. The summed E-state index contributed by atoms with van der Waals surface area (Å²) in [5.41, 5.74) is 0.940. The van der Waals surface area contributed by atoms with Crippen LogP contribution in [0.1, 0.15) is 19.5 Å². The average Bonchev–Trinajstić information content (AvgIpc) is 2.49. The van der Waals surface area contributed by atoms with Crippen LogP contribution in [0.15, 0.2) is 31.0 Å². The lowest BCUT2D eigenvalue weighted by Gasteiger charge is -2.06. The molecule has 0 aliphatic carbocycles. The van der Waals surface area contributed by atoms with Gasteiger partial charge >= 0.3 is 0 Å². The number of hydrogen-bond donors (Lipinski definition) is 0. The molecule has 0 atom stereocenters. The van der Waals surface area contributed by atoms with Crippen molar-refractivity contribution in [3.8, 4) is 11.8 Å². The Morgan fingerprint density at radius 1 is 0.950 bits per heavy atom. The SMILES string of the molecule is COc1cnccn1.COc1nccnc1CC(C)C. The number of rotatable bonds is 4. The second-order valence-electron chi connectivity index (χ2n) is 4.36. The zero-order valence-electron chi connectivity index (χ0n) is 12.3. The average molecular weight is 276 g/mol. The zero-order valence-corrected chi connectivity index (χ0v) is 12.3. The number of ether oxygens (including phenoxy) is 2. The molecule has 6 heteroatoms. The molecule has 0 radical (unpaired) electrons. The highest BCUT2D eigenvalue weighted by Crippen LogP contribution is 2.14. The first-order chi connectivity index (χ1) is 9.67. The number of methoxy groups -OCH3 is 2. The molecule has 0 unspecified atom stereocenters. The maximum Gasteiger partial charge on any atom is 0.235 e. The first kappa shape index (κ1) is 15.8. The molecule has 2 rings (SSSR count). The third-order valence-corrected chi connectivity index (χ3v) is 2.28. The molecule has 2 aromatic rings. The van der Waals surface area contributed by atoms with E-state index in [1.807, 2.05) is 0 Å². The molecule has 6 nitrogen and oxygen atoms in total. The molecule has 0 fully saturated rings. The van der Waals surface area contributed by atoms with Gasteiger partial charge in [0.1, 0.15) is 5.69 Å². The van der Waals surface area contributed by atoms with Crippen LogP contribution in [0.5, 0.6) is 11.8 Å². The second-order valence-corrected chi connectivity index (χ2v) is 4.36. The van der Waals surface area contributed by atoms with Crippen LogP contribution in [0, 0.1) is 5.92 Å². The molecule has 20 heavy (non-hydrogen) atoms. The van der Waals surface area contributed by atoms with E-state index >= 15 is 0 Å². The Hall–Kier alpha value is -2.24.